The van der Waals surface area contributed by atoms with Crippen LogP contribution < -0.4 is 5.32 Å². The van der Waals surface area contributed by atoms with Gasteiger partial charge in [-0.15, -0.1) is 0 Å². The molecule has 0 amide bonds. The molecular formula is C17H20N2O2. The van der Waals surface area contributed by atoms with Crippen LogP contribution in [0.4, 0.5) is 11.5 Å². The summed E-state index contributed by atoms with van der Waals surface area (Å²) in [5, 5.41) is 12.7. The van der Waals surface area contributed by atoms with E-state index in [1.165, 1.54) is 0 Å². The highest BCUT2D eigenvalue weighted by molar-refractivity contribution is 5.96. The summed E-state index contributed by atoms with van der Waals surface area (Å²) in [6, 6.07) is 7.84. The molecule has 1 aromatic heterocycles. The van der Waals surface area contributed by atoms with Gasteiger partial charge in [0.1, 0.15) is 11.4 Å². The first-order valence-electron chi connectivity index (χ1n) is 7.01. The van der Waals surface area contributed by atoms with Gasteiger partial charge in [-0.2, -0.15) is 0 Å². The van der Waals surface area contributed by atoms with E-state index in [0.29, 0.717) is 11.4 Å². The van der Waals surface area contributed by atoms with Crippen molar-refractivity contribution in [3.8, 4) is 0 Å². The number of hydrogen-bond acceptors (Lipinski definition) is 3. The van der Waals surface area contributed by atoms with Crippen molar-refractivity contribution in [1.29, 1.82) is 0 Å². The molecule has 0 fully saturated rings. The Morgan fingerprint density at radius 3 is 2.57 bits per heavy atom. The van der Waals surface area contributed by atoms with E-state index in [1.54, 1.807) is 13.0 Å². The average Bonchev–Trinajstić information content (AvgIpc) is 2.39. The second kappa shape index (κ2) is 5.95. The zero-order valence-corrected chi connectivity index (χ0v) is 12.8. The number of aromatic carboxylic acids is 1. The van der Waals surface area contributed by atoms with E-state index in [1.807, 2.05) is 32.0 Å². The molecule has 0 aliphatic carbocycles. The van der Waals surface area contributed by atoms with Gasteiger partial charge >= 0.3 is 5.97 Å². The third kappa shape index (κ3) is 3.05. The number of para-hydroxylation sites is 1. The normalized spacial score (nSPS) is 10.5. The number of carboxylic acids is 1. The molecule has 0 saturated heterocycles. The van der Waals surface area contributed by atoms with Crippen LogP contribution in [0.3, 0.4) is 0 Å². The number of nitrogens with zero attached hydrogens (tertiary/aromatic N) is 1. The van der Waals surface area contributed by atoms with E-state index in [-0.39, 0.29) is 5.56 Å². The molecule has 0 unspecified atom stereocenters. The largest absolute Gasteiger partial charge is 0.478 e. The van der Waals surface area contributed by atoms with Crippen molar-refractivity contribution >= 4 is 17.5 Å². The molecule has 21 heavy (non-hydrogen) atoms. The van der Waals surface area contributed by atoms with Crippen molar-refractivity contribution in [3.05, 3.63) is 52.2 Å². The maximum atomic E-state index is 11.5. The number of aryl methyl sites for hydroxylation is 4. The Labute approximate surface area is 124 Å². The lowest BCUT2D eigenvalue weighted by Gasteiger charge is -2.16. The minimum absolute atomic E-state index is 0.228. The van der Waals surface area contributed by atoms with Crippen LogP contribution in [0.1, 0.15) is 39.7 Å². The number of carboxylic acid groups (broad SMARTS) is 1. The summed E-state index contributed by atoms with van der Waals surface area (Å²) in [6.45, 7) is 7.74. The van der Waals surface area contributed by atoms with Gasteiger partial charge in [0.15, 0.2) is 0 Å². The molecule has 0 radical (unpaired) electrons. The molecule has 1 aromatic carbocycles. The molecule has 0 saturated carbocycles. The Hall–Kier alpha value is -2.36. The van der Waals surface area contributed by atoms with Crippen LogP contribution in [-0.2, 0) is 6.42 Å². The van der Waals surface area contributed by atoms with Crippen molar-refractivity contribution in [1.82, 2.24) is 4.98 Å². The third-order valence-corrected chi connectivity index (χ3v) is 3.54. The molecule has 0 aliphatic heterocycles. The number of pyridine rings is 1. The minimum Gasteiger partial charge on any atom is -0.478 e. The fourth-order valence-electron chi connectivity index (χ4n) is 2.52. The number of carbonyl (C=O) groups is 1. The monoisotopic (exact) mass is 284 g/mol. The van der Waals surface area contributed by atoms with E-state index in [9.17, 15) is 9.90 Å². The molecule has 0 bridgehead atoms. The Morgan fingerprint density at radius 2 is 1.95 bits per heavy atom. The van der Waals surface area contributed by atoms with Crippen molar-refractivity contribution in [2.75, 3.05) is 5.32 Å². The number of rotatable bonds is 4. The van der Waals surface area contributed by atoms with Crippen LogP contribution in [0, 0.1) is 20.8 Å². The topological polar surface area (TPSA) is 62.2 Å². The molecule has 2 aromatic rings. The Kier molecular flexibility index (Phi) is 4.26. The second-order valence-corrected chi connectivity index (χ2v) is 5.20. The first kappa shape index (κ1) is 15.0. The van der Waals surface area contributed by atoms with Gasteiger partial charge in [0.2, 0.25) is 0 Å². The number of aromatic nitrogens is 1. The summed E-state index contributed by atoms with van der Waals surface area (Å²) in [5.74, 6) is -0.557. The maximum absolute atomic E-state index is 11.5. The lowest BCUT2D eigenvalue weighted by Crippen LogP contribution is -2.10. The third-order valence-electron chi connectivity index (χ3n) is 3.54. The molecule has 1 heterocycles. The molecule has 110 valence electrons. The van der Waals surface area contributed by atoms with Gasteiger partial charge in [-0.1, -0.05) is 25.1 Å². The number of benzene rings is 1. The highest BCUT2D eigenvalue weighted by atomic mass is 16.4. The van der Waals surface area contributed by atoms with Crippen molar-refractivity contribution < 1.29 is 9.90 Å². The van der Waals surface area contributed by atoms with E-state index in [0.717, 1.165) is 28.9 Å². The van der Waals surface area contributed by atoms with Crippen LogP contribution in [-0.4, -0.2) is 16.1 Å². The quantitative estimate of drug-likeness (QED) is 0.890. The average molecular weight is 284 g/mol. The predicted molar refractivity (Wildman–Crippen MR) is 84.5 cm³/mol. The highest BCUT2D eigenvalue weighted by Crippen LogP contribution is 2.28. The van der Waals surface area contributed by atoms with Crippen LogP contribution in [0.25, 0.3) is 0 Å². The SMILES string of the molecule is CCc1cccc(C)c1Nc1nc(C)cc(C)c1C(=O)O. The van der Waals surface area contributed by atoms with Crippen LogP contribution in [0.2, 0.25) is 0 Å². The zero-order chi connectivity index (χ0) is 15.6. The molecule has 4 nitrogen and oxygen atoms in total. The molecule has 4 heteroatoms. The van der Waals surface area contributed by atoms with E-state index in [4.69, 9.17) is 0 Å². The Bertz CT molecular complexity index is 693. The molecule has 2 rings (SSSR count). The molecule has 0 atom stereocenters. The summed E-state index contributed by atoms with van der Waals surface area (Å²) in [6.07, 6.45) is 0.872. The van der Waals surface area contributed by atoms with Gasteiger partial charge in [-0.3, -0.25) is 0 Å². The molecular weight excluding hydrogens is 264 g/mol. The lowest BCUT2D eigenvalue weighted by molar-refractivity contribution is 0.0697. The highest BCUT2D eigenvalue weighted by Gasteiger charge is 2.17. The molecule has 0 spiro atoms. The van der Waals surface area contributed by atoms with E-state index < -0.39 is 5.97 Å². The van der Waals surface area contributed by atoms with Gasteiger partial charge in [0, 0.05) is 11.4 Å². The summed E-state index contributed by atoms with van der Waals surface area (Å²) < 4.78 is 0. The van der Waals surface area contributed by atoms with Gasteiger partial charge in [-0.05, 0) is 49.9 Å². The standard InChI is InChI=1S/C17H20N2O2/c1-5-13-8-6-7-10(2)15(13)19-16-14(17(20)21)11(3)9-12(4)18-16/h6-9H,5H2,1-4H3,(H,18,19)(H,20,21). The number of anilines is 2. The van der Waals surface area contributed by atoms with E-state index >= 15 is 0 Å². The number of hydrogen-bond donors (Lipinski definition) is 2. The fourth-order valence-corrected chi connectivity index (χ4v) is 2.52. The first-order valence-corrected chi connectivity index (χ1v) is 7.01. The lowest BCUT2D eigenvalue weighted by atomic mass is 10.0. The van der Waals surface area contributed by atoms with Crippen molar-refractivity contribution in [2.24, 2.45) is 0 Å². The van der Waals surface area contributed by atoms with Gasteiger partial charge in [0.25, 0.3) is 0 Å². The van der Waals surface area contributed by atoms with Crippen molar-refractivity contribution in [3.63, 3.8) is 0 Å². The Balaban J connectivity index is 2.57. The van der Waals surface area contributed by atoms with Gasteiger partial charge < -0.3 is 10.4 Å². The van der Waals surface area contributed by atoms with Crippen LogP contribution in [0.15, 0.2) is 24.3 Å². The first-order chi connectivity index (χ1) is 9.93. The van der Waals surface area contributed by atoms with E-state index in [2.05, 4.69) is 17.2 Å². The summed E-state index contributed by atoms with van der Waals surface area (Å²) in [7, 11) is 0. The van der Waals surface area contributed by atoms with Crippen molar-refractivity contribution in [2.45, 2.75) is 34.1 Å². The fraction of sp³-hybridized carbons (Fsp3) is 0.294. The maximum Gasteiger partial charge on any atom is 0.339 e. The Morgan fingerprint density at radius 1 is 1.24 bits per heavy atom. The predicted octanol–water partition coefficient (Wildman–Crippen LogP) is 4.01. The second-order valence-electron chi connectivity index (χ2n) is 5.20. The molecule has 2 N–H and O–H groups in total. The smallest absolute Gasteiger partial charge is 0.339 e. The van der Waals surface area contributed by atoms with Gasteiger partial charge in [0.05, 0.1) is 0 Å². The molecule has 0 aliphatic rings. The van der Waals surface area contributed by atoms with Gasteiger partial charge in [-0.25, -0.2) is 9.78 Å². The minimum atomic E-state index is -0.964. The zero-order valence-electron chi connectivity index (χ0n) is 12.8. The van der Waals surface area contributed by atoms with Crippen LogP contribution in [0.5, 0.6) is 0 Å². The summed E-state index contributed by atoms with van der Waals surface area (Å²) >= 11 is 0. The van der Waals surface area contributed by atoms with Crippen LogP contribution >= 0.6 is 0 Å². The summed E-state index contributed by atoms with van der Waals surface area (Å²) in [5.41, 5.74) is 4.90. The summed E-state index contributed by atoms with van der Waals surface area (Å²) in [4.78, 5) is 15.9. The number of nitrogens with one attached hydrogen (secondary N) is 1.